The highest BCUT2D eigenvalue weighted by Gasteiger charge is 2.26. The predicted molar refractivity (Wildman–Crippen MR) is 171 cm³/mol. The summed E-state index contributed by atoms with van der Waals surface area (Å²) in [4.78, 5) is 0. The summed E-state index contributed by atoms with van der Waals surface area (Å²) in [6.07, 6.45) is 0.512. The van der Waals surface area contributed by atoms with Crippen LogP contribution in [-0.4, -0.2) is 51.8 Å². The monoisotopic (exact) mass is 594 g/mol. The molecule has 2 atom stereocenters. The first-order valence-electron chi connectivity index (χ1n) is 15.4. The van der Waals surface area contributed by atoms with Gasteiger partial charge in [-0.25, -0.2) is 0 Å². The minimum Gasteiger partial charge on any atom is -0.491 e. The summed E-state index contributed by atoms with van der Waals surface area (Å²) in [5.74, 6) is 3.40. The molecule has 6 rings (SSSR count). The Bertz CT molecular complexity index is 1370. The van der Waals surface area contributed by atoms with E-state index in [4.69, 9.17) is 28.4 Å². The van der Waals surface area contributed by atoms with E-state index in [0.717, 1.165) is 36.2 Å². The van der Waals surface area contributed by atoms with Gasteiger partial charge in [-0.2, -0.15) is 0 Å². The quantitative estimate of drug-likeness (QED) is 0.106. The van der Waals surface area contributed by atoms with E-state index in [-0.39, 0.29) is 23.0 Å². The predicted octanol–water partition coefficient (Wildman–Crippen LogP) is 7.35. The SMILES string of the molecule is CC(C)(c1ccc(OCCOc2ccc(C(C)(C)c3ccc(OCC4CO4)cc3)cc2)cc1)c1ccc(OCC2CO2)cc1. The van der Waals surface area contributed by atoms with Crippen molar-refractivity contribution in [3.8, 4) is 23.0 Å². The van der Waals surface area contributed by atoms with Crippen LogP contribution in [-0.2, 0) is 20.3 Å². The van der Waals surface area contributed by atoms with Gasteiger partial charge in [0.2, 0.25) is 0 Å². The third-order valence-electron chi connectivity index (χ3n) is 8.60. The molecule has 0 aromatic heterocycles. The molecule has 44 heavy (non-hydrogen) atoms. The molecule has 230 valence electrons. The summed E-state index contributed by atoms with van der Waals surface area (Å²) in [5.41, 5.74) is 4.60. The van der Waals surface area contributed by atoms with Crippen molar-refractivity contribution in [3.05, 3.63) is 119 Å². The van der Waals surface area contributed by atoms with Gasteiger partial charge in [0.15, 0.2) is 0 Å². The van der Waals surface area contributed by atoms with Crippen LogP contribution in [0.1, 0.15) is 49.9 Å². The molecule has 2 saturated heterocycles. The minimum absolute atomic E-state index is 0.149. The zero-order valence-electron chi connectivity index (χ0n) is 26.1. The van der Waals surface area contributed by atoms with Gasteiger partial charge in [-0.05, 0) is 70.8 Å². The summed E-state index contributed by atoms with van der Waals surface area (Å²) in [5, 5.41) is 0. The van der Waals surface area contributed by atoms with Crippen molar-refractivity contribution in [2.45, 2.75) is 50.7 Å². The zero-order chi connectivity index (χ0) is 30.6. The van der Waals surface area contributed by atoms with Gasteiger partial charge in [-0.1, -0.05) is 76.2 Å². The number of benzene rings is 4. The van der Waals surface area contributed by atoms with E-state index in [1.165, 1.54) is 22.3 Å². The smallest absolute Gasteiger partial charge is 0.122 e. The molecule has 0 aliphatic carbocycles. The van der Waals surface area contributed by atoms with Gasteiger partial charge < -0.3 is 28.4 Å². The van der Waals surface area contributed by atoms with E-state index >= 15 is 0 Å². The first kappa shape index (κ1) is 30.0. The molecule has 0 radical (unpaired) electrons. The summed E-state index contributed by atoms with van der Waals surface area (Å²) in [6.45, 7) is 12.7. The van der Waals surface area contributed by atoms with Crippen LogP contribution in [0, 0.1) is 0 Å². The summed E-state index contributed by atoms with van der Waals surface area (Å²) >= 11 is 0. The maximum Gasteiger partial charge on any atom is 0.122 e. The van der Waals surface area contributed by atoms with Crippen LogP contribution in [0.25, 0.3) is 0 Å². The standard InChI is InChI=1S/C38H42O6/c1-37(2,29-9-17-33(18-10-29)41-23-35-25-43-35)27-5-13-31(14-6-27)39-21-22-40-32-15-7-28(8-16-32)38(3,4)30-11-19-34(20-12-30)42-24-36-26-44-36/h5-20,35-36H,21-26H2,1-4H3. The van der Waals surface area contributed by atoms with Crippen LogP contribution >= 0.6 is 0 Å². The molecule has 0 bridgehead atoms. The molecule has 4 aromatic rings. The van der Waals surface area contributed by atoms with Gasteiger partial charge in [0.25, 0.3) is 0 Å². The Morgan fingerprint density at radius 2 is 0.705 bits per heavy atom. The molecule has 0 N–H and O–H groups in total. The molecule has 0 amide bonds. The Labute approximate surface area is 260 Å². The lowest BCUT2D eigenvalue weighted by Crippen LogP contribution is -2.19. The fourth-order valence-corrected chi connectivity index (χ4v) is 5.23. The summed E-state index contributed by atoms with van der Waals surface area (Å²) in [7, 11) is 0. The van der Waals surface area contributed by atoms with Crippen molar-refractivity contribution in [3.63, 3.8) is 0 Å². The van der Waals surface area contributed by atoms with E-state index in [2.05, 4.69) is 76.2 Å². The number of ether oxygens (including phenoxy) is 6. The first-order valence-corrected chi connectivity index (χ1v) is 15.4. The number of rotatable bonds is 15. The minimum atomic E-state index is -0.149. The Morgan fingerprint density at radius 3 is 0.955 bits per heavy atom. The Balaban J connectivity index is 0.958. The maximum absolute atomic E-state index is 5.98. The molecule has 2 unspecified atom stereocenters. The first-order chi connectivity index (χ1) is 21.3. The van der Waals surface area contributed by atoms with Crippen LogP contribution in [0.15, 0.2) is 97.1 Å². The third kappa shape index (κ3) is 7.55. The maximum atomic E-state index is 5.98. The molecule has 6 heteroatoms. The molecule has 2 heterocycles. The Kier molecular flexibility index (Phi) is 8.83. The number of hydrogen-bond donors (Lipinski definition) is 0. The van der Waals surface area contributed by atoms with Crippen LogP contribution in [0.5, 0.6) is 23.0 Å². The lowest BCUT2D eigenvalue weighted by Gasteiger charge is -2.26. The van der Waals surface area contributed by atoms with Crippen LogP contribution in [0.2, 0.25) is 0 Å². The zero-order valence-corrected chi connectivity index (χ0v) is 26.1. The normalized spacial score (nSPS) is 17.5. The Morgan fingerprint density at radius 1 is 0.455 bits per heavy atom. The lowest BCUT2D eigenvalue weighted by atomic mass is 9.78. The van der Waals surface area contributed by atoms with Gasteiger partial charge in [-0.15, -0.1) is 0 Å². The van der Waals surface area contributed by atoms with Crippen LogP contribution < -0.4 is 18.9 Å². The second-order valence-electron chi connectivity index (χ2n) is 12.6. The molecule has 2 aliphatic rings. The molecule has 0 spiro atoms. The average molecular weight is 595 g/mol. The fraction of sp³-hybridized carbons (Fsp3) is 0.368. The average Bonchev–Trinajstić information content (AvgIpc) is 3.98. The highest BCUT2D eigenvalue weighted by molar-refractivity contribution is 5.43. The van der Waals surface area contributed by atoms with E-state index in [0.29, 0.717) is 26.4 Å². The van der Waals surface area contributed by atoms with Gasteiger partial charge in [0.05, 0.1) is 13.2 Å². The van der Waals surface area contributed by atoms with Crippen molar-refractivity contribution in [1.82, 2.24) is 0 Å². The van der Waals surface area contributed by atoms with Gasteiger partial charge in [0.1, 0.15) is 61.6 Å². The molecule has 2 fully saturated rings. The molecule has 4 aromatic carbocycles. The van der Waals surface area contributed by atoms with Crippen LogP contribution in [0.3, 0.4) is 0 Å². The van der Waals surface area contributed by atoms with E-state index in [9.17, 15) is 0 Å². The molecule has 6 nitrogen and oxygen atoms in total. The third-order valence-corrected chi connectivity index (χ3v) is 8.60. The van der Waals surface area contributed by atoms with E-state index in [1.54, 1.807) is 0 Å². The van der Waals surface area contributed by atoms with Crippen molar-refractivity contribution < 1.29 is 28.4 Å². The topological polar surface area (TPSA) is 62.0 Å². The molecule has 0 saturated carbocycles. The van der Waals surface area contributed by atoms with Gasteiger partial charge >= 0.3 is 0 Å². The summed E-state index contributed by atoms with van der Waals surface area (Å²) in [6, 6.07) is 33.3. The fourth-order valence-electron chi connectivity index (χ4n) is 5.23. The van der Waals surface area contributed by atoms with Crippen LogP contribution in [0.4, 0.5) is 0 Å². The number of epoxide rings is 2. The summed E-state index contributed by atoms with van der Waals surface area (Å²) < 4.78 is 34.0. The highest BCUT2D eigenvalue weighted by Crippen LogP contribution is 2.35. The van der Waals surface area contributed by atoms with E-state index < -0.39 is 0 Å². The molecule has 2 aliphatic heterocycles. The molecular weight excluding hydrogens is 552 g/mol. The van der Waals surface area contributed by atoms with Gasteiger partial charge in [-0.3, -0.25) is 0 Å². The van der Waals surface area contributed by atoms with Crippen molar-refractivity contribution in [2.24, 2.45) is 0 Å². The largest absolute Gasteiger partial charge is 0.491 e. The highest BCUT2D eigenvalue weighted by atomic mass is 16.6. The van der Waals surface area contributed by atoms with Crippen molar-refractivity contribution in [1.29, 1.82) is 0 Å². The Hall–Kier alpha value is -4.00. The van der Waals surface area contributed by atoms with Crippen molar-refractivity contribution >= 4 is 0 Å². The second kappa shape index (κ2) is 12.9. The van der Waals surface area contributed by atoms with E-state index in [1.807, 2.05) is 48.5 Å². The van der Waals surface area contributed by atoms with Crippen molar-refractivity contribution in [2.75, 3.05) is 39.6 Å². The van der Waals surface area contributed by atoms with Gasteiger partial charge in [0, 0.05) is 10.8 Å². The molecular formula is C38H42O6. The second-order valence-corrected chi connectivity index (χ2v) is 12.6. The lowest BCUT2D eigenvalue weighted by molar-refractivity contribution is 0.217. The number of hydrogen-bond acceptors (Lipinski definition) is 6.